The van der Waals surface area contributed by atoms with Gasteiger partial charge in [-0.05, 0) is 33.2 Å². The molecule has 1 saturated heterocycles. The lowest BCUT2D eigenvalue weighted by molar-refractivity contribution is -0.0549. The van der Waals surface area contributed by atoms with E-state index in [0.717, 1.165) is 0 Å². The van der Waals surface area contributed by atoms with Gasteiger partial charge in [-0.3, -0.25) is 0 Å². The van der Waals surface area contributed by atoms with Crippen LogP contribution in [0.25, 0.3) is 0 Å². The minimum atomic E-state index is -3.32. The van der Waals surface area contributed by atoms with Gasteiger partial charge in [0, 0.05) is 5.56 Å². The third-order valence-electron chi connectivity index (χ3n) is 4.06. The van der Waals surface area contributed by atoms with Crippen molar-refractivity contribution in [3.63, 3.8) is 0 Å². The normalized spacial score (nSPS) is 21.2. The highest BCUT2D eigenvalue weighted by Gasteiger charge is 2.53. The van der Waals surface area contributed by atoms with Gasteiger partial charge in [-0.15, -0.1) is 0 Å². The molecule has 3 nitrogen and oxygen atoms in total. The van der Waals surface area contributed by atoms with Crippen LogP contribution in [0.5, 0.6) is 0 Å². The largest absolute Gasteiger partial charge is 0.495 e. The van der Waals surface area contributed by atoms with E-state index in [0.29, 0.717) is 0 Å². The molecule has 110 valence electrons. The smallest absolute Gasteiger partial charge is 0.399 e. The molecule has 0 radical (unpaired) electrons. The molecular weight excluding hydrogens is 265 g/mol. The van der Waals surface area contributed by atoms with Gasteiger partial charge in [0.05, 0.1) is 11.2 Å². The Bertz CT molecular complexity index is 487. The first-order valence-corrected chi connectivity index (χ1v) is 6.54. The van der Waals surface area contributed by atoms with Crippen molar-refractivity contribution in [1.29, 1.82) is 0 Å². The van der Waals surface area contributed by atoms with Gasteiger partial charge in [-0.2, -0.15) is 8.78 Å². The van der Waals surface area contributed by atoms with Crippen LogP contribution in [0.3, 0.4) is 0 Å². The lowest BCUT2D eigenvalue weighted by atomic mass is 9.74. The molecule has 1 aliphatic rings. The minimum absolute atomic E-state index is 0.255. The summed E-state index contributed by atoms with van der Waals surface area (Å²) in [5.41, 5.74) is -1.20. The Hall–Kier alpha value is -0.975. The fourth-order valence-corrected chi connectivity index (χ4v) is 2.09. The molecule has 0 spiro atoms. The molecule has 0 bridgehead atoms. The van der Waals surface area contributed by atoms with Crippen molar-refractivity contribution in [3.8, 4) is 0 Å². The number of rotatable bonds is 3. The first-order valence-electron chi connectivity index (χ1n) is 6.54. The van der Waals surface area contributed by atoms with Gasteiger partial charge in [-0.25, -0.2) is 0 Å². The summed E-state index contributed by atoms with van der Waals surface area (Å²) < 4.78 is 39.2. The molecule has 1 aliphatic heterocycles. The molecule has 1 fully saturated rings. The Morgan fingerprint density at radius 3 is 2.10 bits per heavy atom. The minimum Gasteiger partial charge on any atom is -0.399 e. The average molecular weight is 284 g/mol. The highest BCUT2D eigenvalue weighted by Crippen LogP contribution is 2.37. The SMILES string of the molecule is CC1(C)OB(c2ccccc2C(F)(F)CO)OC1(C)C. The third kappa shape index (κ3) is 2.48. The van der Waals surface area contributed by atoms with Gasteiger partial charge in [0.1, 0.15) is 6.61 Å². The number of aliphatic hydroxyl groups excluding tert-OH is 1. The molecule has 1 heterocycles. The van der Waals surface area contributed by atoms with Crippen molar-refractivity contribution in [2.24, 2.45) is 0 Å². The molecule has 20 heavy (non-hydrogen) atoms. The van der Waals surface area contributed by atoms with E-state index in [-0.39, 0.29) is 11.0 Å². The average Bonchev–Trinajstić information content (AvgIpc) is 2.58. The van der Waals surface area contributed by atoms with E-state index in [4.69, 9.17) is 14.4 Å². The van der Waals surface area contributed by atoms with Crippen LogP contribution in [0.2, 0.25) is 0 Å². The monoisotopic (exact) mass is 284 g/mol. The Kier molecular flexibility index (Phi) is 3.69. The van der Waals surface area contributed by atoms with Crippen LogP contribution in [0.15, 0.2) is 24.3 Å². The molecular formula is C14H19BF2O3. The molecule has 0 aliphatic carbocycles. The van der Waals surface area contributed by atoms with Crippen LogP contribution in [-0.2, 0) is 15.2 Å². The standard InChI is InChI=1S/C14H19BF2O3/c1-12(2)13(3,4)20-15(19-12)11-8-6-5-7-10(11)14(16,17)9-18/h5-8,18H,9H2,1-4H3. The van der Waals surface area contributed by atoms with Gasteiger partial charge in [0.25, 0.3) is 5.92 Å². The van der Waals surface area contributed by atoms with E-state index >= 15 is 0 Å². The Labute approximate surface area is 118 Å². The van der Waals surface area contributed by atoms with Crippen LogP contribution >= 0.6 is 0 Å². The molecule has 1 aromatic rings. The Morgan fingerprint density at radius 1 is 1.10 bits per heavy atom. The third-order valence-corrected chi connectivity index (χ3v) is 4.06. The summed E-state index contributed by atoms with van der Waals surface area (Å²) >= 11 is 0. The van der Waals surface area contributed by atoms with Crippen molar-refractivity contribution in [2.75, 3.05) is 6.61 Å². The molecule has 6 heteroatoms. The van der Waals surface area contributed by atoms with Crippen molar-refractivity contribution in [1.82, 2.24) is 0 Å². The van der Waals surface area contributed by atoms with E-state index in [1.165, 1.54) is 12.1 Å². The second-order valence-corrected chi connectivity index (χ2v) is 6.04. The zero-order valence-corrected chi connectivity index (χ0v) is 12.1. The predicted molar refractivity (Wildman–Crippen MR) is 73.1 cm³/mol. The Morgan fingerprint density at radius 2 is 1.60 bits per heavy atom. The van der Waals surface area contributed by atoms with E-state index in [9.17, 15) is 8.78 Å². The second-order valence-electron chi connectivity index (χ2n) is 6.04. The molecule has 0 unspecified atom stereocenters. The summed E-state index contributed by atoms with van der Waals surface area (Å²) in [5, 5.41) is 8.89. The molecule has 0 saturated carbocycles. The first kappa shape index (κ1) is 15.4. The van der Waals surface area contributed by atoms with Crippen LogP contribution in [-0.4, -0.2) is 30.0 Å². The summed E-state index contributed by atoms with van der Waals surface area (Å²) in [6.45, 7) is 6.20. The number of benzene rings is 1. The van der Waals surface area contributed by atoms with Gasteiger partial charge in [-0.1, -0.05) is 24.3 Å². The van der Waals surface area contributed by atoms with E-state index < -0.39 is 30.8 Å². The van der Waals surface area contributed by atoms with Crippen LogP contribution in [0.1, 0.15) is 33.3 Å². The van der Waals surface area contributed by atoms with Gasteiger partial charge >= 0.3 is 7.12 Å². The number of alkyl halides is 2. The van der Waals surface area contributed by atoms with Crippen molar-refractivity contribution >= 4 is 12.6 Å². The van der Waals surface area contributed by atoms with E-state index in [1.54, 1.807) is 12.1 Å². The summed E-state index contributed by atoms with van der Waals surface area (Å²) in [4.78, 5) is 0. The highest BCUT2D eigenvalue weighted by molar-refractivity contribution is 6.62. The number of halogens is 2. The second kappa shape index (κ2) is 4.79. The summed E-state index contributed by atoms with van der Waals surface area (Å²) in [7, 11) is -0.867. The number of aliphatic hydroxyl groups is 1. The number of hydrogen-bond donors (Lipinski definition) is 1. The van der Waals surface area contributed by atoms with E-state index in [1.807, 2.05) is 27.7 Å². The lowest BCUT2D eigenvalue weighted by Crippen LogP contribution is -2.41. The molecule has 0 aromatic heterocycles. The van der Waals surface area contributed by atoms with Crippen LogP contribution in [0, 0.1) is 0 Å². The van der Waals surface area contributed by atoms with Gasteiger partial charge in [0.2, 0.25) is 0 Å². The van der Waals surface area contributed by atoms with Gasteiger partial charge in [0.15, 0.2) is 0 Å². The molecule has 2 rings (SSSR count). The van der Waals surface area contributed by atoms with Crippen molar-refractivity contribution in [2.45, 2.75) is 44.8 Å². The zero-order chi connectivity index (χ0) is 15.2. The topological polar surface area (TPSA) is 38.7 Å². The van der Waals surface area contributed by atoms with Gasteiger partial charge < -0.3 is 14.4 Å². The lowest BCUT2D eigenvalue weighted by Gasteiger charge is -2.32. The highest BCUT2D eigenvalue weighted by atomic mass is 19.3. The molecule has 0 atom stereocenters. The molecule has 0 amide bonds. The fourth-order valence-electron chi connectivity index (χ4n) is 2.09. The first-order chi connectivity index (χ1) is 9.11. The molecule has 1 N–H and O–H groups in total. The van der Waals surface area contributed by atoms with Crippen LogP contribution < -0.4 is 5.46 Å². The maximum atomic E-state index is 13.8. The summed E-state index contributed by atoms with van der Waals surface area (Å²) in [6, 6.07) is 5.99. The maximum absolute atomic E-state index is 13.8. The quantitative estimate of drug-likeness (QED) is 0.864. The molecule has 1 aromatic carbocycles. The van der Waals surface area contributed by atoms with Crippen LogP contribution in [0.4, 0.5) is 8.78 Å². The predicted octanol–water partition coefficient (Wildman–Crippen LogP) is 2.07. The maximum Gasteiger partial charge on any atom is 0.495 e. The number of hydrogen-bond acceptors (Lipinski definition) is 3. The fraction of sp³-hybridized carbons (Fsp3) is 0.571. The zero-order valence-electron chi connectivity index (χ0n) is 12.1. The van der Waals surface area contributed by atoms with Crippen molar-refractivity contribution in [3.05, 3.63) is 29.8 Å². The van der Waals surface area contributed by atoms with E-state index in [2.05, 4.69) is 0 Å². The summed E-state index contributed by atoms with van der Waals surface area (Å²) in [6.07, 6.45) is 0. The summed E-state index contributed by atoms with van der Waals surface area (Å²) in [5.74, 6) is -3.32. The Balaban J connectivity index is 2.41. The van der Waals surface area contributed by atoms with Crippen molar-refractivity contribution < 1.29 is 23.2 Å².